The van der Waals surface area contributed by atoms with Crippen LogP contribution < -0.4 is 0 Å². The van der Waals surface area contributed by atoms with Crippen LogP contribution in [0.1, 0.15) is 0 Å². The van der Waals surface area contributed by atoms with Crippen LogP contribution in [0.5, 0.6) is 0 Å². The molecule has 0 unspecified atom stereocenters. The van der Waals surface area contributed by atoms with Gasteiger partial charge in [-0.2, -0.15) is 0 Å². The Kier molecular flexibility index (Phi) is 5.64. The zero-order chi connectivity index (χ0) is 30.9. The molecule has 0 aliphatic carbocycles. The van der Waals surface area contributed by atoms with Crippen molar-refractivity contribution in [3.8, 4) is 27.9 Å². The Balaban J connectivity index is 1.25. The zero-order valence-electron chi connectivity index (χ0n) is 25.7. The van der Waals surface area contributed by atoms with Gasteiger partial charge in [0.05, 0.1) is 11.0 Å². The van der Waals surface area contributed by atoms with Gasteiger partial charge in [-0.1, -0.05) is 140 Å². The van der Waals surface area contributed by atoms with Crippen LogP contribution in [0.15, 0.2) is 176 Å². The third kappa shape index (κ3) is 3.90. The first kappa shape index (κ1) is 26.1. The molecule has 0 fully saturated rings. The Hall–Kier alpha value is -6.18. The topological polar surface area (TPSA) is 4.93 Å². The van der Waals surface area contributed by atoms with Crippen molar-refractivity contribution < 1.29 is 0 Å². The Bertz CT molecular complexity index is 2780. The quantitative estimate of drug-likeness (QED) is 0.141. The molecular formula is C46H29N. The van der Waals surface area contributed by atoms with Crippen molar-refractivity contribution in [1.29, 1.82) is 0 Å². The molecule has 0 radical (unpaired) electrons. The minimum absolute atomic E-state index is 1.18. The number of hydrogen-bond acceptors (Lipinski definition) is 0. The van der Waals surface area contributed by atoms with Gasteiger partial charge in [0.1, 0.15) is 0 Å². The van der Waals surface area contributed by atoms with Crippen molar-refractivity contribution in [2.45, 2.75) is 0 Å². The van der Waals surface area contributed by atoms with Gasteiger partial charge in [0, 0.05) is 16.5 Å². The molecule has 0 aliphatic heterocycles. The predicted molar refractivity (Wildman–Crippen MR) is 202 cm³/mol. The van der Waals surface area contributed by atoms with Gasteiger partial charge >= 0.3 is 0 Å². The molecule has 0 amide bonds. The molecular weight excluding hydrogens is 567 g/mol. The van der Waals surface area contributed by atoms with E-state index in [-0.39, 0.29) is 0 Å². The van der Waals surface area contributed by atoms with Gasteiger partial charge in [-0.3, -0.25) is 0 Å². The highest BCUT2D eigenvalue weighted by atomic mass is 15.0. The van der Waals surface area contributed by atoms with Crippen molar-refractivity contribution in [2.75, 3.05) is 0 Å². The molecule has 218 valence electrons. The lowest BCUT2D eigenvalue weighted by atomic mass is 9.85. The van der Waals surface area contributed by atoms with Gasteiger partial charge in [-0.25, -0.2) is 0 Å². The average molecular weight is 596 g/mol. The molecule has 0 bridgehead atoms. The van der Waals surface area contributed by atoms with Crippen LogP contribution in [0.2, 0.25) is 0 Å². The monoisotopic (exact) mass is 595 g/mol. The molecule has 1 nitrogen and oxygen atoms in total. The van der Waals surface area contributed by atoms with E-state index in [1.54, 1.807) is 0 Å². The number of nitrogens with zero attached hydrogens (tertiary/aromatic N) is 1. The van der Waals surface area contributed by atoms with Crippen LogP contribution in [-0.2, 0) is 0 Å². The summed E-state index contributed by atoms with van der Waals surface area (Å²) in [4.78, 5) is 0. The fraction of sp³-hybridized carbons (Fsp3) is 0. The highest BCUT2D eigenvalue weighted by molar-refractivity contribution is 6.23. The van der Waals surface area contributed by atoms with Gasteiger partial charge in [0.25, 0.3) is 0 Å². The van der Waals surface area contributed by atoms with Crippen molar-refractivity contribution in [2.24, 2.45) is 0 Å². The number of para-hydroxylation sites is 2. The largest absolute Gasteiger partial charge is 0.309 e. The third-order valence-electron chi connectivity index (χ3n) is 9.94. The van der Waals surface area contributed by atoms with Gasteiger partial charge in [-0.15, -0.1) is 0 Å². The number of hydrogen-bond donors (Lipinski definition) is 0. The normalized spacial score (nSPS) is 11.8. The van der Waals surface area contributed by atoms with Crippen LogP contribution in [0.4, 0.5) is 0 Å². The van der Waals surface area contributed by atoms with E-state index in [2.05, 4.69) is 180 Å². The molecule has 10 rings (SSSR count). The fourth-order valence-corrected chi connectivity index (χ4v) is 7.90. The molecule has 0 atom stereocenters. The summed E-state index contributed by atoms with van der Waals surface area (Å²) in [6.07, 6.45) is 0. The molecule has 0 saturated carbocycles. The highest BCUT2D eigenvalue weighted by Crippen LogP contribution is 2.45. The van der Waals surface area contributed by atoms with Crippen LogP contribution >= 0.6 is 0 Å². The van der Waals surface area contributed by atoms with E-state index in [1.807, 2.05) is 0 Å². The molecule has 1 heterocycles. The maximum Gasteiger partial charge on any atom is 0.0541 e. The molecule has 0 aliphatic rings. The lowest BCUT2D eigenvalue weighted by molar-refractivity contribution is 1.18. The first-order valence-electron chi connectivity index (χ1n) is 16.3. The maximum atomic E-state index is 2.41. The van der Waals surface area contributed by atoms with Crippen LogP contribution in [0.3, 0.4) is 0 Å². The Morgan fingerprint density at radius 2 is 0.766 bits per heavy atom. The smallest absolute Gasteiger partial charge is 0.0541 e. The van der Waals surface area contributed by atoms with Crippen molar-refractivity contribution in [3.05, 3.63) is 176 Å². The molecule has 10 aromatic rings. The van der Waals surface area contributed by atoms with Crippen molar-refractivity contribution >= 4 is 64.9 Å². The minimum atomic E-state index is 1.18. The van der Waals surface area contributed by atoms with E-state index in [4.69, 9.17) is 0 Å². The summed E-state index contributed by atoms with van der Waals surface area (Å²) in [5.74, 6) is 0. The third-order valence-corrected chi connectivity index (χ3v) is 9.94. The van der Waals surface area contributed by atoms with E-state index < -0.39 is 0 Å². The van der Waals surface area contributed by atoms with Crippen LogP contribution in [0, 0.1) is 0 Å². The van der Waals surface area contributed by atoms with Gasteiger partial charge in [0.2, 0.25) is 0 Å². The minimum Gasteiger partial charge on any atom is -0.309 e. The van der Waals surface area contributed by atoms with Crippen LogP contribution in [-0.4, -0.2) is 4.57 Å². The van der Waals surface area contributed by atoms with E-state index >= 15 is 0 Å². The summed E-state index contributed by atoms with van der Waals surface area (Å²) >= 11 is 0. The number of benzene rings is 9. The summed E-state index contributed by atoms with van der Waals surface area (Å²) in [5, 5.41) is 12.7. The van der Waals surface area contributed by atoms with Crippen molar-refractivity contribution in [1.82, 2.24) is 4.57 Å². The van der Waals surface area contributed by atoms with E-state index in [1.165, 1.54) is 92.8 Å². The van der Waals surface area contributed by atoms with Crippen molar-refractivity contribution in [3.63, 3.8) is 0 Å². The summed E-state index contributed by atoms with van der Waals surface area (Å²) in [5.41, 5.74) is 8.66. The molecule has 1 heteroatoms. The summed E-state index contributed by atoms with van der Waals surface area (Å²) in [6.45, 7) is 0. The maximum absolute atomic E-state index is 2.41. The lowest BCUT2D eigenvalue weighted by Crippen LogP contribution is -1.93. The Morgan fingerprint density at radius 3 is 1.47 bits per heavy atom. The second kappa shape index (κ2) is 10.2. The number of fused-ring (bicyclic) bond motifs is 8. The molecule has 47 heavy (non-hydrogen) atoms. The fourth-order valence-electron chi connectivity index (χ4n) is 7.90. The molecule has 9 aromatic carbocycles. The molecule has 0 spiro atoms. The Morgan fingerprint density at radius 1 is 0.277 bits per heavy atom. The first-order valence-corrected chi connectivity index (χ1v) is 16.3. The van der Waals surface area contributed by atoms with Gasteiger partial charge in [-0.05, 0) is 102 Å². The first-order chi connectivity index (χ1) is 23.3. The zero-order valence-corrected chi connectivity index (χ0v) is 25.7. The van der Waals surface area contributed by atoms with Crippen LogP contribution in [0.25, 0.3) is 92.8 Å². The summed E-state index contributed by atoms with van der Waals surface area (Å²) in [7, 11) is 0. The molecule has 1 aromatic heterocycles. The van der Waals surface area contributed by atoms with Gasteiger partial charge < -0.3 is 4.57 Å². The predicted octanol–water partition coefficient (Wildman–Crippen LogP) is 12.7. The SMILES string of the molecule is c1ccc(-n2c3ccccc3c3cc(-c4c5ccccc5c(-c5ccc6c(ccc7ccccc76)c5)c5ccccc45)ccc32)cc1. The van der Waals surface area contributed by atoms with Gasteiger partial charge in [0.15, 0.2) is 0 Å². The number of rotatable bonds is 3. The van der Waals surface area contributed by atoms with E-state index in [9.17, 15) is 0 Å². The summed E-state index contributed by atoms with van der Waals surface area (Å²) < 4.78 is 2.39. The second-order valence-corrected chi connectivity index (χ2v) is 12.5. The standard InChI is InChI=1S/C46H29N/c1-2-13-34(14-3-1)47-43-21-11-10-16-37(43)42-29-33(25-27-44(42)47)46-40-19-8-6-17-38(40)45(39-18-7-9-20-41(39)46)32-24-26-36-31(28-32)23-22-30-12-4-5-15-35(30)36/h1-29H. The van der Waals surface area contributed by atoms with E-state index in [0.717, 1.165) is 0 Å². The molecule has 0 N–H and O–H groups in total. The second-order valence-electron chi connectivity index (χ2n) is 12.5. The average Bonchev–Trinajstić information content (AvgIpc) is 3.47. The highest BCUT2D eigenvalue weighted by Gasteiger charge is 2.19. The Labute approximate surface area is 272 Å². The number of aromatic nitrogens is 1. The van der Waals surface area contributed by atoms with E-state index in [0.29, 0.717) is 0 Å². The molecule has 0 saturated heterocycles. The lowest BCUT2D eigenvalue weighted by Gasteiger charge is -2.18. The summed E-state index contributed by atoms with van der Waals surface area (Å²) in [6, 6.07) is 64.5.